The van der Waals surface area contributed by atoms with Gasteiger partial charge in [-0.1, -0.05) is 19.1 Å². The van der Waals surface area contributed by atoms with Gasteiger partial charge in [0.25, 0.3) is 0 Å². The van der Waals surface area contributed by atoms with Crippen LogP contribution in [0.15, 0.2) is 24.3 Å². The molecule has 1 aromatic carbocycles. The van der Waals surface area contributed by atoms with E-state index < -0.39 is 0 Å². The number of amides is 1. The molecule has 0 heterocycles. The molecule has 0 saturated carbocycles. The zero-order valence-corrected chi connectivity index (χ0v) is 10.4. The minimum Gasteiger partial charge on any atom is -0.494 e. The average Bonchev–Trinajstić information content (AvgIpc) is 2.34. The van der Waals surface area contributed by atoms with Crippen LogP contribution in [-0.2, 0) is 11.3 Å². The van der Waals surface area contributed by atoms with Crippen molar-refractivity contribution in [2.45, 2.75) is 32.9 Å². The van der Waals surface area contributed by atoms with E-state index in [1.165, 1.54) is 0 Å². The molecule has 0 radical (unpaired) electrons. The summed E-state index contributed by atoms with van der Waals surface area (Å²) in [6.45, 7) is 5.18. The fourth-order valence-corrected chi connectivity index (χ4v) is 1.29. The maximum atomic E-state index is 10.8. The molecule has 17 heavy (non-hydrogen) atoms. The number of carbonyl (C=O) groups is 1. The molecule has 0 aliphatic rings. The maximum absolute atomic E-state index is 10.8. The summed E-state index contributed by atoms with van der Waals surface area (Å²) in [4.78, 5) is 10.8. The summed E-state index contributed by atoms with van der Waals surface area (Å²) >= 11 is 0. The minimum atomic E-state index is -0.340. The van der Waals surface area contributed by atoms with Crippen LogP contribution < -0.4 is 15.8 Å². The Morgan fingerprint density at radius 1 is 1.41 bits per heavy atom. The van der Waals surface area contributed by atoms with Crippen molar-refractivity contribution in [2.24, 2.45) is 5.73 Å². The van der Waals surface area contributed by atoms with E-state index in [0.717, 1.165) is 24.3 Å². The van der Waals surface area contributed by atoms with Crippen molar-refractivity contribution in [3.05, 3.63) is 29.8 Å². The fraction of sp³-hybridized carbons (Fsp3) is 0.462. The van der Waals surface area contributed by atoms with E-state index in [1.807, 2.05) is 24.3 Å². The van der Waals surface area contributed by atoms with Crippen molar-refractivity contribution >= 4 is 5.91 Å². The Bertz CT molecular complexity index is 349. The van der Waals surface area contributed by atoms with E-state index in [9.17, 15) is 4.79 Å². The monoisotopic (exact) mass is 236 g/mol. The molecule has 4 nitrogen and oxygen atoms in total. The molecule has 1 rings (SSSR count). The van der Waals surface area contributed by atoms with Crippen LogP contribution in [0.25, 0.3) is 0 Å². The zero-order chi connectivity index (χ0) is 12.7. The highest BCUT2D eigenvalue weighted by Gasteiger charge is 2.06. The molecule has 1 aromatic rings. The number of primary amides is 1. The van der Waals surface area contributed by atoms with Crippen LogP contribution in [0.4, 0.5) is 0 Å². The number of carbonyl (C=O) groups excluding carboxylic acids is 1. The summed E-state index contributed by atoms with van der Waals surface area (Å²) in [5.74, 6) is 0.534. The van der Waals surface area contributed by atoms with Crippen LogP contribution in [0, 0.1) is 0 Å². The van der Waals surface area contributed by atoms with Gasteiger partial charge in [-0.05, 0) is 31.0 Å². The van der Waals surface area contributed by atoms with Crippen LogP contribution >= 0.6 is 0 Å². The molecular formula is C13H20N2O2. The predicted octanol–water partition coefficient (Wildman–Crippen LogP) is 1.44. The smallest absolute Gasteiger partial charge is 0.234 e. The Kier molecular flexibility index (Phi) is 5.49. The highest BCUT2D eigenvalue weighted by Crippen LogP contribution is 2.12. The van der Waals surface area contributed by atoms with Crippen LogP contribution in [0.5, 0.6) is 5.75 Å². The molecule has 0 unspecified atom stereocenters. The van der Waals surface area contributed by atoms with E-state index in [2.05, 4.69) is 12.2 Å². The van der Waals surface area contributed by atoms with E-state index in [0.29, 0.717) is 6.54 Å². The first kappa shape index (κ1) is 13.5. The van der Waals surface area contributed by atoms with Gasteiger partial charge in [0.15, 0.2) is 0 Å². The SMILES string of the molecule is CCCOc1ccc(CN[C@@H](C)C(N)=O)cc1. The summed E-state index contributed by atoms with van der Waals surface area (Å²) < 4.78 is 5.48. The third-order valence-corrected chi connectivity index (χ3v) is 2.44. The normalized spacial score (nSPS) is 12.1. The first-order chi connectivity index (χ1) is 8.13. The van der Waals surface area contributed by atoms with Gasteiger partial charge in [0.1, 0.15) is 5.75 Å². The lowest BCUT2D eigenvalue weighted by molar-refractivity contribution is -0.119. The Hall–Kier alpha value is -1.55. The van der Waals surface area contributed by atoms with Crippen molar-refractivity contribution < 1.29 is 9.53 Å². The first-order valence-electron chi connectivity index (χ1n) is 5.88. The molecule has 0 aromatic heterocycles. The van der Waals surface area contributed by atoms with Crippen LogP contribution in [0.1, 0.15) is 25.8 Å². The number of rotatable bonds is 7. The lowest BCUT2D eigenvalue weighted by Gasteiger charge is -2.10. The van der Waals surface area contributed by atoms with Crippen molar-refractivity contribution in [1.82, 2.24) is 5.32 Å². The van der Waals surface area contributed by atoms with Gasteiger partial charge in [-0.25, -0.2) is 0 Å². The van der Waals surface area contributed by atoms with Gasteiger partial charge in [-0.15, -0.1) is 0 Å². The minimum absolute atomic E-state index is 0.314. The Morgan fingerprint density at radius 3 is 2.59 bits per heavy atom. The molecular weight excluding hydrogens is 216 g/mol. The van der Waals surface area contributed by atoms with Crippen LogP contribution in [-0.4, -0.2) is 18.6 Å². The van der Waals surface area contributed by atoms with E-state index in [1.54, 1.807) is 6.92 Å². The van der Waals surface area contributed by atoms with Crippen molar-refractivity contribution in [3.63, 3.8) is 0 Å². The molecule has 0 aliphatic heterocycles. The molecule has 0 fully saturated rings. The largest absolute Gasteiger partial charge is 0.494 e. The Morgan fingerprint density at radius 2 is 2.06 bits per heavy atom. The molecule has 4 heteroatoms. The summed E-state index contributed by atoms with van der Waals surface area (Å²) in [6.07, 6.45) is 0.999. The third-order valence-electron chi connectivity index (χ3n) is 2.44. The standard InChI is InChI=1S/C13H20N2O2/c1-3-8-17-12-6-4-11(5-7-12)9-15-10(2)13(14)16/h4-7,10,15H,3,8-9H2,1-2H3,(H2,14,16)/t10-/m0/s1. The number of ether oxygens (including phenoxy) is 1. The van der Waals surface area contributed by atoms with Gasteiger partial charge in [-0.2, -0.15) is 0 Å². The highest BCUT2D eigenvalue weighted by atomic mass is 16.5. The molecule has 3 N–H and O–H groups in total. The topological polar surface area (TPSA) is 64.3 Å². The maximum Gasteiger partial charge on any atom is 0.234 e. The molecule has 1 atom stereocenters. The van der Waals surface area contributed by atoms with Crippen LogP contribution in [0.2, 0.25) is 0 Å². The van der Waals surface area contributed by atoms with E-state index in [4.69, 9.17) is 10.5 Å². The molecule has 0 saturated heterocycles. The quantitative estimate of drug-likeness (QED) is 0.753. The van der Waals surface area contributed by atoms with Gasteiger partial charge in [0.2, 0.25) is 5.91 Å². The number of hydrogen-bond acceptors (Lipinski definition) is 3. The third kappa shape index (κ3) is 4.87. The van der Waals surface area contributed by atoms with Crippen molar-refractivity contribution in [3.8, 4) is 5.75 Å². The second kappa shape index (κ2) is 6.91. The first-order valence-corrected chi connectivity index (χ1v) is 5.88. The molecule has 0 spiro atoms. The van der Waals surface area contributed by atoms with Crippen molar-refractivity contribution in [2.75, 3.05) is 6.61 Å². The Balaban J connectivity index is 2.42. The number of benzene rings is 1. The van der Waals surface area contributed by atoms with Gasteiger partial charge in [0.05, 0.1) is 12.6 Å². The van der Waals surface area contributed by atoms with Gasteiger partial charge in [-0.3, -0.25) is 4.79 Å². The molecule has 94 valence electrons. The fourth-order valence-electron chi connectivity index (χ4n) is 1.29. The number of nitrogens with two attached hydrogens (primary N) is 1. The van der Waals surface area contributed by atoms with Crippen LogP contribution in [0.3, 0.4) is 0 Å². The summed E-state index contributed by atoms with van der Waals surface area (Å²) in [5.41, 5.74) is 6.26. The van der Waals surface area contributed by atoms with Crippen molar-refractivity contribution in [1.29, 1.82) is 0 Å². The lowest BCUT2D eigenvalue weighted by Crippen LogP contribution is -2.38. The van der Waals surface area contributed by atoms with Gasteiger partial charge < -0.3 is 15.8 Å². The second-order valence-electron chi connectivity index (χ2n) is 4.00. The number of nitrogens with one attached hydrogen (secondary N) is 1. The molecule has 0 bridgehead atoms. The molecule has 1 amide bonds. The van der Waals surface area contributed by atoms with E-state index in [-0.39, 0.29) is 11.9 Å². The lowest BCUT2D eigenvalue weighted by atomic mass is 10.2. The summed E-state index contributed by atoms with van der Waals surface area (Å²) in [5, 5.41) is 3.05. The Labute approximate surface area is 102 Å². The van der Waals surface area contributed by atoms with E-state index >= 15 is 0 Å². The summed E-state index contributed by atoms with van der Waals surface area (Å²) in [6, 6.07) is 7.51. The second-order valence-corrected chi connectivity index (χ2v) is 4.00. The van der Waals surface area contributed by atoms with Gasteiger partial charge in [0, 0.05) is 6.54 Å². The predicted molar refractivity (Wildman–Crippen MR) is 67.7 cm³/mol. The average molecular weight is 236 g/mol. The van der Waals surface area contributed by atoms with Gasteiger partial charge >= 0.3 is 0 Å². The zero-order valence-electron chi connectivity index (χ0n) is 10.4. The molecule has 0 aliphatic carbocycles. The highest BCUT2D eigenvalue weighted by molar-refractivity contribution is 5.79. The summed E-state index contributed by atoms with van der Waals surface area (Å²) in [7, 11) is 0. The number of hydrogen-bond donors (Lipinski definition) is 2.